The van der Waals surface area contributed by atoms with Gasteiger partial charge >= 0.3 is 6.09 Å². The van der Waals surface area contributed by atoms with Crippen molar-refractivity contribution >= 4 is 6.09 Å². The molecule has 6 nitrogen and oxygen atoms in total. The molecule has 2 saturated heterocycles. The maximum absolute atomic E-state index is 12.0. The second-order valence-electron chi connectivity index (χ2n) is 7.43. The SMILES string of the molecule is CC(C)(C)OC(=O)N1CCC(NCCCOCC2CCCO2)C1. The fourth-order valence-electron chi connectivity index (χ4n) is 2.89. The van der Waals surface area contributed by atoms with Gasteiger partial charge in [0.2, 0.25) is 0 Å². The predicted molar refractivity (Wildman–Crippen MR) is 88.6 cm³/mol. The summed E-state index contributed by atoms with van der Waals surface area (Å²) < 4.78 is 16.6. The highest BCUT2D eigenvalue weighted by atomic mass is 16.6. The molecule has 0 saturated carbocycles. The van der Waals surface area contributed by atoms with Crippen LogP contribution in [0.3, 0.4) is 0 Å². The number of hydrogen-bond donors (Lipinski definition) is 1. The summed E-state index contributed by atoms with van der Waals surface area (Å²) in [6.07, 6.45) is 4.35. The molecule has 2 atom stereocenters. The number of likely N-dealkylation sites (tertiary alicyclic amines) is 1. The summed E-state index contributed by atoms with van der Waals surface area (Å²) in [5, 5.41) is 3.50. The van der Waals surface area contributed by atoms with E-state index < -0.39 is 5.60 Å². The van der Waals surface area contributed by atoms with E-state index in [1.54, 1.807) is 4.90 Å². The molecule has 0 aromatic carbocycles. The van der Waals surface area contributed by atoms with Crippen LogP contribution in [0.25, 0.3) is 0 Å². The van der Waals surface area contributed by atoms with Crippen molar-refractivity contribution in [1.29, 1.82) is 0 Å². The Hall–Kier alpha value is -0.850. The van der Waals surface area contributed by atoms with Crippen LogP contribution < -0.4 is 5.32 Å². The Balaban J connectivity index is 1.49. The van der Waals surface area contributed by atoms with Crippen molar-refractivity contribution in [3.63, 3.8) is 0 Å². The number of amides is 1. The smallest absolute Gasteiger partial charge is 0.410 e. The van der Waals surface area contributed by atoms with Crippen LogP contribution >= 0.6 is 0 Å². The lowest BCUT2D eigenvalue weighted by molar-refractivity contribution is 0.0165. The fraction of sp³-hybridized carbons (Fsp3) is 0.941. The molecule has 2 heterocycles. The number of nitrogens with zero attached hydrogens (tertiary/aromatic N) is 1. The molecule has 2 aliphatic heterocycles. The van der Waals surface area contributed by atoms with Gasteiger partial charge in [-0.15, -0.1) is 0 Å². The van der Waals surface area contributed by atoms with Gasteiger partial charge in [-0.3, -0.25) is 0 Å². The zero-order valence-corrected chi connectivity index (χ0v) is 14.8. The number of carbonyl (C=O) groups excluding carboxylic acids is 1. The van der Waals surface area contributed by atoms with Crippen molar-refractivity contribution in [2.45, 2.75) is 64.2 Å². The second-order valence-corrected chi connectivity index (χ2v) is 7.43. The molecule has 0 aliphatic carbocycles. The summed E-state index contributed by atoms with van der Waals surface area (Å²) in [4.78, 5) is 13.8. The number of ether oxygens (including phenoxy) is 3. The maximum Gasteiger partial charge on any atom is 0.410 e. The Morgan fingerprint density at radius 3 is 2.87 bits per heavy atom. The maximum atomic E-state index is 12.0. The van der Waals surface area contributed by atoms with E-state index >= 15 is 0 Å². The minimum atomic E-state index is -0.428. The van der Waals surface area contributed by atoms with E-state index in [9.17, 15) is 4.79 Å². The second kappa shape index (κ2) is 8.85. The van der Waals surface area contributed by atoms with Gasteiger partial charge in [0.1, 0.15) is 5.60 Å². The average Bonchev–Trinajstić information content (AvgIpc) is 3.12. The molecular weight excluding hydrogens is 296 g/mol. The van der Waals surface area contributed by atoms with Gasteiger partial charge in [0, 0.05) is 32.3 Å². The average molecular weight is 328 g/mol. The van der Waals surface area contributed by atoms with Crippen LogP contribution in [0.15, 0.2) is 0 Å². The van der Waals surface area contributed by atoms with Crippen LogP contribution in [0.4, 0.5) is 4.79 Å². The predicted octanol–water partition coefficient (Wildman–Crippen LogP) is 2.17. The van der Waals surface area contributed by atoms with Crippen LogP contribution in [0.5, 0.6) is 0 Å². The summed E-state index contributed by atoms with van der Waals surface area (Å²) in [7, 11) is 0. The van der Waals surface area contributed by atoms with Gasteiger partial charge in [0.25, 0.3) is 0 Å². The van der Waals surface area contributed by atoms with Gasteiger partial charge in [-0.2, -0.15) is 0 Å². The van der Waals surface area contributed by atoms with Gasteiger partial charge in [-0.25, -0.2) is 4.79 Å². The quantitative estimate of drug-likeness (QED) is 0.726. The third kappa shape index (κ3) is 7.06. The van der Waals surface area contributed by atoms with Crippen LogP contribution in [0, 0.1) is 0 Å². The molecule has 0 aromatic rings. The summed E-state index contributed by atoms with van der Waals surface area (Å²) in [6.45, 7) is 10.5. The molecule has 2 fully saturated rings. The zero-order chi connectivity index (χ0) is 16.7. The Kier molecular flexibility index (Phi) is 7.11. The molecule has 0 radical (unpaired) electrons. The Morgan fingerprint density at radius 2 is 2.17 bits per heavy atom. The van der Waals surface area contributed by atoms with Crippen molar-refractivity contribution in [1.82, 2.24) is 10.2 Å². The minimum Gasteiger partial charge on any atom is -0.444 e. The van der Waals surface area contributed by atoms with E-state index in [1.165, 1.54) is 0 Å². The number of hydrogen-bond acceptors (Lipinski definition) is 5. The summed E-state index contributed by atoms with van der Waals surface area (Å²) in [5.41, 5.74) is -0.428. The Labute approximate surface area is 139 Å². The lowest BCUT2D eigenvalue weighted by atomic mass is 10.2. The topological polar surface area (TPSA) is 60.0 Å². The van der Waals surface area contributed by atoms with E-state index in [0.717, 1.165) is 65.1 Å². The minimum absolute atomic E-state index is 0.207. The molecule has 0 spiro atoms. The molecule has 0 aromatic heterocycles. The van der Waals surface area contributed by atoms with Crippen molar-refractivity contribution in [2.24, 2.45) is 0 Å². The zero-order valence-electron chi connectivity index (χ0n) is 14.8. The molecule has 1 amide bonds. The van der Waals surface area contributed by atoms with E-state index in [4.69, 9.17) is 14.2 Å². The third-order valence-corrected chi connectivity index (χ3v) is 4.07. The molecule has 23 heavy (non-hydrogen) atoms. The van der Waals surface area contributed by atoms with Crippen LogP contribution in [0.2, 0.25) is 0 Å². The fourth-order valence-corrected chi connectivity index (χ4v) is 2.89. The third-order valence-electron chi connectivity index (χ3n) is 4.07. The first-order valence-electron chi connectivity index (χ1n) is 8.85. The van der Waals surface area contributed by atoms with E-state index in [0.29, 0.717) is 12.1 Å². The Morgan fingerprint density at radius 1 is 1.35 bits per heavy atom. The van der Waals surface area contributed by atoms with Gasteiger partial charge in [0.05, 0.1) is 12.7 Å². The molecular formula is C17H32N2O4. The van der Waals surface area contributed by atoms with Crippen molar-refractivity contribution in [3.05, 3.63) is 0 Å². The van der Waals surface area contributed by atoms with Crippen LogP contribution in [-0.2, 0) is 14.2 Å². The lowest BCUT2D eigenvalue weighted by Gasteiger charge is -2.24. The molecule has 2 aliphatic rings. The normalized spacial score (nSPS) is 25.1. The van der Waals surface area contributed by atoms with Crippen molar-refractivity contribution < 1.29 is 19.0 Å². The monoisotopic (exact) mass is 328 g/mol. The summed E-state index contributed by atoms with van der Waals surface area (Å²) >= 11 is 0. The van der Waals surface area contributed by atoms with Crippen molar-refractivity contribution in [2.75, 3.05) is 39.5 Å². The Bertz CT molecular complexity index is 364. The van der Waals surface area contributed by atoms with Gasteiger partial charge < -0.3 is 24.4 Å². The van der Waals surface area contributed by atoms with Crippen molar-refractivity contribution in [3.8, 4) is 0 Å². The van der Waals surface area contributed by atoms with Crippen LogP contribution in [-0.4, -0.2) is 68.2 Å². The number of rotatable bonds is 7. The standard InChI is InChI=1S/C17H32N2O4/c1-17(2,3)23-16(20)19-9-7-14(12-19)18-8-5-10-21-13-15-6-4-11-22-15/h14-15,18H,4-13H2,1-3H3. The van der Waals surface area contributed by atoms with E-state index in [1.807, 2.05) is 20.8 Å². The molecule has 2 rings (SSSR count). The van der Waals surface area contributed by atoms with Gasteiger partial charge in [-0.05, 0) is 53.0 Å². The summed E-state index contributed by atoms with van der Waals surface area (Å²) in [5.74, 6) is 0. The lowest BCUT2D eigenvalue weighted by Crippen LogP contribution is -2.38. The highest BCUT2D eigenvalue weighted by Crippen LogP contribution is 2.15. The first-order chi connectivity index (χ1) is 10.9. The van der Waals surface area contributed by atoms with E-state index in [2.05, 4.69) is 5.32 Å². The molecule has 6 heteroatoms. The van der Waals surface area contributed by atoms with Gasteiger partial charge in [0.15, 0.2) is 0 Å². The number of nitrogens with one attached hydrogen (secondary N) is 1. The molecule has 0 bridgehead atoms. The van der Waals surface area contributed by atoms with Crippen LogP contribution in [0.1, 0.15) is 46.5 Å². The highest BCUT2D eigenvalue weighted by Gasteiger charge is 2.29. The summed E-state index contributed by atoms with van der Waals surface area (Å²) in [6, 6.07) is 0.362. The molecule has 134 valence electrons. The number of carbonyl (C=O) groups is 1. The first kappa shape index (κ1) is 18.5. The molecule has 2 unspecified atom stereocenters. The highest BCUT2D eigenvalue weighted by molar-refractivity contribution is 5.68. The largest absolute Gasteiger partial charge is 0.444 e. The first-order valence-corrected chi connectivity index (χ1v) is 8.85. The van der Waals surface area contributed by atoms with E-state index in [-0.39, 0.29) is 6.09 Å². The van der Waals surface area contributed by atoms with Gasteiger partial charge in [-0.1, -0.05) is 0 Å². The molecule has 1 N–H and O–H groups in total.